The molecular formula is C16H23FN2O5S. The minimum atomic E-state index is -4.00. The largest absolute Gasteiger partial charge is 0.494 e. The number of amides is 1. The van der Waals surface area contributed by atoms with E-state index < -0.39 is 27.9 Å². The summed E-state index contributed by atoms with van der Waals surface area (Å²) >= 11 is 0. The second-order valence-corrected chi connectivity index (χ2v) is 7.46. The maximum absolute atomic E-state index is 14.0. The van der Waals surface area contributed by atoms with E-state index in [1.807, 2.05) is 0 Å². The predicted molar refractivity (Wildman–Crippen MR) is 93.8 cm³/mol. The number of oxime groups is 1. The van der Waals surface area contributed by atoms with Crippen LogP contribution in [0.4, 0.5) is 10.1 Å². The first-order chi connectivity index (χ1) is 11.6. The zero-order chi connectivity index (χ0) is 19.2. The minimum absolute atomic E-state index is 0.0560. The second-order valence-electron chi connectivity index (χ2n) is 5.52. The summed E-state index contributed by atoms with van der Waals surface area (Å²) in [6, 6.07) is 3.49. The number of hydrogen-bond acceptors (Lipinski definition) is 6. The average molecular weight is 374 g/mol. The normalized spacial score (nSPS) is 12.2. The highest BCUT2D eigenvalue weighted by Gasteiger charge is 2.33. The Labute approximate surface area is 147 Å². The summed E-state index contributed by atoms with van der Waals surface area (Å²) in [6.45, 7) is 6.38. The number of ether oxygens (including phenoxy) is 1. The number of hydrogen-bond donors (Lipinski definition) is 0. The van der Waals surface area contributed by atoms with E-state index in [0.29, 0.717) is 16.4 Å². The SMILES string of the molecule is CCCS(=O)(=O)N(C(=O)C(C)ON=C(C)C)c1ccc(OC)c(F)c1. The summed E-state index contributed by atoms with van der Waals surface area (Å²) in [4.78, 5) is 17.7. The summed E-state index contributed by atoms with van der Waals surface area (Å²) in [7, 11) is -2.71. The smallest absolute Gasteiger partial charge is 0.284 e. The second kappa shape index (κ2) is 8.80. The van der Waals surface area contributed by atoms with Crippen LogP contribution in [0.3, 0.4) is 0 Å². The molecule has 140 valence electrons. The molecule has 0 bridgehead atoms. The Bertz CT molecular complexity index is 745. The van der Waals surface area contributed by atoms with Crippen LogP contribution in [0.1, 0.15) is 34.1 Å². The van der Waals surface area contributed by atoms with Crippen molar-refractivity contribution in [3.05, 3.63) is 24.0 Å². The Morgan fingerprint density at radius 2 is 2.00 bits per heavy atom. The first kappa shape index (κ1) is 20.9. The Morgan fingerprint density at radius 1 is 1.36 bits per heavy atom. The zero-order valence-electron chi connectivity index (χ0n) is 14.9. The molecule has 0 spiro atoms. The lowest BCUT2D eigenvalue weighted by molar-refractivity contribution is -0.127. The molecule has 0 saturated heterocycles. The van der Waals surface area contributed by atoms with Gasteiger partial charge in [-0.2, -0.15) is 0 Å². The average Bonchev–Trinajstić information content (AvgIpc) is 2.52. The molecule has 0 fully saturated rings. The van der Waals surface area contributed by atoms with E-state index in [9.17, 15) is 17.6 Å². The fraction of sp³-hybridized carbons (Fsp3) is 0.500. The van der Waals surface area contributed by atoms with Crippen LogP contribution in [-0.2, 0) is 19.7 Å². The van der Waals surface area contributed by atoms with Crippen molar-refractivity contribution >= 4 is 27.3 Å². The van der Waals surface area contributed by atoms with Gasteiger partial charge in [0.2, 0.25) is 16.1 Å². The molecule has 0 heterocycles. The van der Waals surface area contributed by atoms with Crippen LogP contribution in [0, 0.1) is 5.82 Å². The van der Waals surface area contributed by atoms with Crippen molar-refractivity contribution in [2.45, 2.75) is 40.2 Å². The molecule has 0 N–H and O–H groups in total. The molecule has 7 nitrogen and oxygen atoms in total. The lowest BCUT2D eigenvalue weighted by atomic mass is 10.2. The third kappa shape index (κ3) is 5.42. The fourth-order valence-corrected chi connectivity index (χ4v) is 3.51. The standard InChI is InChI=1S/C16H23FN2O5S/c1-6-9-25(21,22)19(16(20)12(4)24-18-11(2)3)13-7-8-15(23-5)14(17)10-13/h7-8,10,12H,6,9H2,1-5H3. The van der Waals surface area contributed by atoms with Gasteiger partial charge in [0.05, 0.1) is 24.3 Å². The molecule has 1 atom stereocenters. The number of sulfonamides is 1. The molecule has 9 heteroatoms. The van der Waals surface area contributed by atoms with Gasteiger partial charge in [0.15, 0.2) is 11.6 Å². The Balaban J connectivity index is 3.33. The quantitative estimate of drug-likeness (QED) is 0.516. The van der Waals surface area contributed by atoms with Crippen molar-refractivity contribution in [3.63, 3.8) is 0 Å². The highest BCUT2D eigenvalue weighted by atomic mass is 32.2. The number of anilines is 1. The van der Waals surface area contributed by atoms with Crippen molar-refractivity contribution in [1.29, 1.82) is 0 Å². The number of benzene rings is 1. The van der Waals surface area contributed by atoms with E-state index >= 15 is 0 Å². The van der Waals surface area contributed by atoms with Gasteiger partial charge in [-0.25, -0.2) is 17.1 Å². The molecule has 0 aliphatic rings. The molecule has 25 heavy (non-hydrogen) atoms. The minimum Gasteiger partial charge on any atom is -0.494 e. The van der Waals surface area contributed by atoms with Gasteiger partial charge in [-0.05, 0) is 39.3 Å². The molecule has 1 aromatic rings. The van der Waals surface area contributed by atoms with Gasteiger partial charge in [0, 0.05) is 6.07 Å². The molecule has 0 saturated carbocycles. The third-order valence-electron chi connectivity index (χ3n) is 3.05. The predicted octanol–water partition coefficient (Wildman–Crippen LogP) is 2.71. The van der Waals surface area contributed by atoms with E-state index in [1.54, 1.807) is 20.8 Å². The molecule has 1 unspecified atom stereocenters. The Morgan fingerprint density at radius 3 is 2.48 bits per heavy atom. The van der Waals surface area contributed by atoms with E-state index in [2.05, 4.69) is 5.16 Å². The van der Waals surface area contributed by atoms with Crippen molar-refractivity contribution in [1.82, 2.24) is 0 Å². The number of carbonyl (C=O) groups excluding carboxylic acids is 1. The highest BCUT2D eigenvalue weighted by molar-refractivity contribution is 7.93. The van der Waals surface area contributed by atoms with Crippen LogP contribution in [0.15, 0.2) is 23.4 Å². The monoisotopic (exact) mass is 374 g/mol. The van der Waals surface area contributed by atoms with Crippen LogP contribution in [0.2, 0.25) is 0 Å². The number of carbonyl (C=O) groups is 1. The van der Waals surface area contributed by atoms with Crippen molar-refractivity contribution in [2.75, 3.05) is 17.2 Å². The molecule has 0 aliphatic heterocycles. The van der Waals surface area contributed by atoms with Gasteiger partial charge in [-0.1, -0.05) is 12.1 Å². The van der Waals surface area contributed by atoms with Gasteiger partial charge in [-0.15, -0.1) is 0 Å². The topological polar surface area (TPSA) is 85.3 Å². The number of nitrogens with zero attached hydrogens (tertiary/aromatic N) is 2. The molecule has 1 rings (SSSR count). The molecular weight excluding hydrogens is 351 g/mol. The van der Waals surface area contributed by atoms with Crippen LogP contribution in [0.5, 0.6) is 5.75 Å². The van der Waals surface area contributed by atoms with Crippen LogP contribution in [-0.4, -0.2) is 39.0 Å². The van der Waals surface area contributed by atoms with E-state index in [1.165, 1.54) is 26.2 Å². The summed E-state index contributed by atoms with van der Waals surface area (Å²) in [5.41, 5.74) is 0.447. The maximum atomic E-state index is 14.0. The molecule has 1 aromatic carbocycles. The van der Waals surface area contributed by atoms with Crippen molar-refractivity contribution in [2.24, 2.45) is 5.16 Å². The molecule has 0 aromatic heterocycles. The lowest BCUT2D eigenvalue weighted by Crippen LogP contribution is -2.44. The summed E-state index contributed by atoms with van der Waals surface area (Å²) < 4.78 is 44.4. The first-order valence-electron chi connectivity index (χ1n) is 7.71. The Kier molecular flexibility index (Phi) is 7.35. The molecule has 0 radical (unpaired) electrons. The number of halogens is 1. The molecule has 0 aliphatic carbocycles. The lowest BCUT2D eigenvalue weighted by Gasteiger charge is -2.24. The third-order valence-corrected chi connectivity index (χ3v) is 4.92. The van der Waals surface area contributed by atoms with Crippen LogP contribution >= 0.6 is 0 Å². The van der Waals surface area contributed by atoms with Crippen molar-refractivity contribution in [3.8, 4) is 5.75 Å². The number of methoxy groups -OCH3 is 1. The number of rotatable bonds is 8. The van der Waals surface area contributed by atoms with E-state index in [4.69, 9.17) is 9.57 Å². The Hall–Kier alpha value is -2.16. The summed E-state index contributed by atoms with van der Waals surface area (Å²) in [5, 5.41) is 3.67. The summed E-state index contributed by atoms with van der Waals surface area (Å²) in [5.74, 6) is -1.96. The zero-order valence-corrected chi connectivity index (χ0v) is 15.8. The summed E-state index contributed by atoms with van der Waals surface area (Å²) in [6.07, 6.45) is -0.863. The first-order valence-corrected chi connectivity index (χ1v) is 9.32. The molecule has 1 amide bonds. The van der Waals surface area contributed by atoms with E-state index in [0.717, 1.165) is 6.07 Å². The van der Waals surface area contributed by atoms with Crippen LogP contribution in [0.25, 0.3) is 0 Å². The highest BCUT2D eigenvalue weighted by Crippen LogP contribution is 2.27. The van der Waals surface area contributed by atoms with Crippen LogP contribution < -0.4 is 9.04 Å². The van der Waals surface area contributed by atoms with Crippen molar-refractivity contribution < 1.29 is 27.2 Å². The maximum Gasteiger partial charge on any atom is 0.284 e. The van der Waals surface area contributed by atoms with Gasteiger partial charge in [0.1, 0.15) is 0 Å². The van der Waals surface area contributed by atoms with Gasteiger partial charge >= 0.3 is 0 Å². The van der Waals surface area contributed by atoms with Gasteiger partial charge in [-0.3, -0.25) is 4.79 Å². The van der Waals surface area contributed by atoms with Gasteiger partial charge < -0.3 is 9.57 Å². The fourth-order valence-electron chi connectivity index (χ4n) is 1.95. The van der Waals surface area contributed by atoms with E-state index in [-0.39, 0.29) is 17.2 Å². The van der Waals surface area contributed by atoms with Gasteiger partial charge in [0.25, 0.3) is 5.91 Å².